The van der Waals surface area contributed by atoms with Crippen LogP contribution in [0.1, 0.15) is 48.4 Å². The van der Waals surface area contributed by atoms with E-state index < -0.39 is 0 Å². The molecule has 0 atom stereocenters. The third-order valence-electron chi connectivity index (χ3n) is 4.30. The zero-order chi connectivity index (χ0) is 13.8. The second kappa shape index (κ2) is 6.39. The van der Waals surface area contributed by atoms with Crippen molar-refractivity contribution in [3.05, 3.63) is 17.7 Å². The van der Waals surface area contributed by atoms with Crippen LogP contribution in [0.4, 0.5) is 0 Å². The number of nitrogens with one attached hydrogen (secondary N) is 1. The van der Waals surface area contributed by atoms with E-state index in [2.05, 4.69) is 19.8 Å². The van der Waals surface area contributed by atoms with E-state index in [1.165, 1.54) is 45.2 Å². The van der Waals surface area contributed by atoms with Crippen molar-refractivity contribution < 1.29 is 4.79 Å². The second-order valence-corrected chi connectivity index (χ2v) is 5.85. The number of carbonyl (C=O) groups is 1. The van der Waals surface area contributed by atoms with Crippen molar-refractivity contribution in [3.63, 3.8) is 0 Å². The molecule has 20 heavy (non-hydrogen) atoms. The summed E-state index contributed by atoms with van der Waals surface area (Å²) in [4.78, 5) is 19.0. The van der Waals surface area contributed by atoms with Crippen molar-refractivity contribution >= 4 is 5.91 Å². The van der Waals surface area contributed by atoms with E-state index in [1.54, 1.807) is 0 Å². The van der Waals surface area contributed by atoms with Crippen LogP contribution in [0.15, 0.2) is 6.20 Å². The fraction of sp³-hybridized carbons (Fsp3) is 0.733. The van der Waals surface area contributed by atoms with E-state index in [9.17, 15) is 4.79 Å². The number of aryl methyl sites for hydroxylation is 2. The molecule has 0 bridgehead atoms. The lowest BCUT2D eigenvalue weighted by atomic mass is 10.1. The third-order valence-corrected chi connectivity index (χ3v) is 4.30. The Hall–Kier alpha value is -1.36. The Morgan fingerprint density at radius 3 is 2.75 bits per heavy atom. The van der Waals surface area contributed by atoms with Gasteiger partial charge in [0.1, 0.15) is 11.5 Å². The van der Waals surface area contributed by atoms with E-state index in [0.29, 0.717) is 5.69 Å². The minimum absolute atomic E-state index is 0.0242. The van der Waals surface area contributed by atoms with Crippen LogP contribution in [0, 0.1) is 0 Å². The van der Waals surface area contributed by atoms with Gasteiger partial charge in [0.05, 0.1) is 0 Å². The standard InChI is InChI=1S/C15H24N4O/c20-15(16-7-11-18-8-3-1-4-9-18)13-12-19-10-5-2-6-14(19)17-13/h12H,1-11H2,(H,16,20). The molecule has 0 aliphatic carbocycles. The van der Waals surface area contributed by atoms with Crippen molar-refractivity contribution in [3.8, 4) is 0 Å². The normalized spacial score (nSPS) is 19.6. The summed E-state index contributed by atoms with van der Waals surface area (Å²) in [5, 5.41) is 3.00. The van der Waals surface area contributed by atoms with Crippen molar-refractivity contribution in [2.75, 3.05) is 26.2 Å². The summed E-state index contributed by atoms with van der Waals surface area (Å²) in [6, 6.07) is 0. The first-order valence-corrected chi connectivity index (χ1v) is 7.89. The fourth-order valence-corrected chi connectivity index (χ4v) is 3.12. The first kappa shape index (κ1) is 13.6. The highest BCUT2D eigenvalue weighted by Gasteiger charge is 2.16. The lowest BCUT2D eigenvalue weighted by molar-refractivity contribution is 0.0942. The van der Waals surface area contributed by atoms with Crippen LogP contribution in [-0.2, 0) is 13.0 Å². The number of hydrogen-bond acceptors (Lipinski definition) is 3. The molecule has 0 spiro atoms. The van der Waals surface area contributed by atoms with Gasteiger partial charge in [-0.25, -0.2) is 4.98 Å². The predicted molar refractivity (Wildman–Crippen MR) is 77.8 cm³/mol. The van der Waals surface area contributed by atoms with E-state index in [1.807, 2.05) is 6.20 Å². The molecule has 1 fully saturated rings. The molecule has 1 saturated heterocycles. The minimum Gasteiger partial charge on any atom is -0.349 e. The third kappa shape index (κ3) is 3.20. The molecule has 5 nitrogen and oxygen atoms in total. The first-order chi connectivity index (χ1) is 9.83. The number of imidazole rings is 1. The molecule has 1 aromatic rings. The summed E-state index contributed by atoms with van der Waals surface area (Å²) in [5.41, 5.74) is 0.584. The molecule has 3 rings (SSSR count). The van der Waals surface area contributed by atoms with Gasteiger partial charge in [0.25, 0.3) is 5.91 Å². The number of aromatic nitrogens is 2. The average Bonchev–Trinajstić information content (AvgIpc) is 2.92. The van der Waals surface area contributed by atoms with Crippen molar-refractivity contribution in [1.29, 1.82) is 0 Å². The lowest BCUT2D eigenvalue weighted by Gasteiger charge is -2.26. The van der Waals surface area contributed by atoms with Crippen LogP contribution in [-0.4, -0.2) is 46.5 Å². The van der Waals surface area contributed by atoms with Gasteiger partial charge in [-0.15, -0.1) is 0 Å². The summed E-state index contributed by atoms with van der Waals surface area (Å²) in [7, 11) is 0. The van der Waals surface area contributed by atoms with Gasteiger partial charge in [0.2, 0.25) is 0 Å². The number of amides is 1. The molecule has 1 aromatic heterocycles. The van der Waals surface area contributed by atoms with Crippen LogP contribution < -0.4 is 5.32 Å². The summed E-state index contributed by atoms with van der Waals surface area (Å²) in [5.74, 6) is 1.04. The maximum atomic E-state index is 12.1. The fourth-order valence-electron chi connectivity index (χ4n) is 3.12. The van der Waals surface area contributed by atoms with Gasteiger partial charge in [-0.2, -0.15) is 0 Å². The predicted octanol–water partition coefficient (Wildman–Crippen LogP) is 1.44. The lowest BCUT2D eigenvalue weighted by Crippen LogP contribution is -2.37. The molecule has 2 aliphatic heterocycles. The molecule has 0 radical (unpaired) electrons. The number of hydrogen-bond donors (Lipinski definition) is 1. The van der Waals surface area contributed by atoms with E-state index in [4.69, 9.17) is 0 Å². The largest absolute Gasteiger partial charge is 0.349 e. The summed E-state index contributed by atoms with van der Waals surface area (Å²) < 4.78 is 2.13. The van der Waals surface area contributed by atoms with Crippen molar-refractivity contribution in [1.82, 2.24) is 19.8 Å². The Labute approximate surface area is 120 Å². The zero-order valence-corrected chi connectivity index (χ0v) is 12.1. The van der Waals surface area contributed by atoms with Gasteiger partial charge in [-0.05, 0) is 38.8 Å². The van der Waals surface area contributed by atoms with Crippen molar-refractivity contribution in [2.24, 2.45) is 0 Å². The molecular weight excluding hydrogens is 252 g/mol. The molecule has 5 heteroatoms. The molecule has 110 valence electrons. The highest BCUT2D eigenvalue weighted by Crippen LogP contribution is 2.14. The average molecular weight is 276 g/mol. The molecule has 0 aromatic carbocycles. The quantitative estimate of drug-likeness (QED) is 0.905. The molecule has 3 heterocycles. The van der Waals surface area contributed by atoms with E-state index >= 15 is 0 Å². The molecule has 0 unspecified atom stereocenters. The van der Waals surface area contributed by atoms with Crippen LogP contribution in [0.3, 0.4) is 0 Å². The van der Waals surface area contributed by atoms with Gasteiger partial charge >= 0.3 is 0 Å². The van der Waals surface area contributed by atoms with Crippen LogP contribution in [0.5, 0.6) is 0 Å². The maximum Gasteiger partial charge on any atom is 0.271 e. The number of likely N-dealkylation sites (tertiary alicyclic amines) is 1. The van der Waals surface area contributed by atoms with Gasteiger partial charge in [0, 0.05) is 32.3 Å². The Morgan fingerprint density at radius 1 is 1.15 bits per heavy atom. The Kier molecular flexibility index (Phi) is 4.35. The molecular formula is C15H24N4O. The number of carbonyl (C=O) groups excluding carboxylic acids is 1. The Morgan fingerprint density at radius 2 is 1.95 bits per heavy atom. The van der Waals surface area contributed by atoms with E-state index in [-0.39, 0.29) is 5.91 Å². The number of nitrogens with zero attached hydrogens (tertiary/aromatic N) is 3. The smallest absolute Gasteiger partial charge is 0.271 e. The van der Waals surface area contributed by atoms with Crippen molar-refractivity contribution in [2.45, 2.75) is 45.1 Å². The van der Waals surface area contributed by atoms with Crippen LogP contribution in [0.2, 0.25) is 0 Å². The highest BCUT2D eigenvalue weighted by molar-refractivity contribution is 5.92. The topological polar surface area (TPSA) is 50.2 Å². The van der Waals surface area contributed by atoms with E-state index in [0.717, 1.165) is 31.9 Å². The number of fused-ring (bicyclic) bond motifs is 1. The Balaban J connectivity index is 1.47. The molecule has 2 aliphatic rings. The number of piperidine rings is 1. The van der Waals surface area contributed by atoms with Crippen LogP contribution in [0.25, 0.3) is 0 Å². The first-order valence-electron chi connectivity index (χ1n) is 7.89. The van der Waals surface area contributed by atoms with Gasteiger partial charge in [0.15, 0.2) is 0 Å². The second-order valence-electron chi connectivity index (χ2n) is 5.85. The molecule has 1 N–H and O–H groups in total. The maximum absolute atomic E-state index is 12.1. The summed E-state index contributed by atoms with van der Waals surface area (Å²) in [6.07, 6.45) is 9.23. The molecule has 0 saturated carbocycles. The minimum atomic E-state index is -0.0242. The monoisotopic (exact) mass is 276 g/mol. The Bertz CT molecular complexity index is 439. The van der Waals surface area contributed by atoms with Crippen LogP contribution >= 0.6 is 0 Å². The molecule has 1 amide bonds. The van der Waals surface area contributed by atoms with Gasteiger partial charge < -0.3 is 14.8 Å². The highest BCUT2D eigenvalue weighted by atomic mass is 16.1. The number of rotatable bonds is 4. The zero-order valence-electron chi connectivity index (χ0n) is 12.1. The van der Waals surface area contributed by atoms with Gasteiger partial charge in [-0.1, -0.05) is 6.42 Å². The van der Waals surface area contributed by atoms with Gasteiger partial charge in [-0.3, -0.25) is 4.79 Å². The summed E-state index contributed by atoms with van der Waals surface area (Å²) in [6.45, 7) is 5.03. The summed E-state index contributed by atoms with van der Waals surface area (Å²) >= 11 is 0. The SMILES string of the molecule is O=C(NCCN1CCCCC1)c1cn2c(n1)CCCC2.